The lowest BCUT2D eigenvalue weighted by Crippen LogP contribution is -2.20. The lowest BCUT2D eigenvalue weighted by Gasteiger charge is -2.08. The third-order valence-electron chi connectivity index (χ3n) is 2.68. The van der Waals surface area contributed by atoms with Crippen LogP contribution in [0.25, 0.3) is 5.57 Å². The van der Waals surface area contributed by atoms with E-state index < -0.39 is 5.82 Å². The van der Waals surface area contributed by atoms with Crippen LogP contribution in [-0.4, -0.2) is 18.3 Å². The lowest BCUT2D eigenvalue weighted by atomic mass is 10.0. The van der Waals surface area contributed by atoms with Crippen molar-refractivity contribution in [3.63, 3.8) is 0 Å². The fourth-order valence-corrected chi connectivity index (χ4v) is 2.24. The van der Waals surface area contributed by atoms with Gasteiger partial charge in [-0.25, -0.2) is 4.39 Å². The van der Waals surface area contributed by atoms with Gasteiger partial charge in [-0.3, -0.25) is 4.79 Å². The van der Waals surface area contributed by atoms with E-state index in [2.05, 4.69) is 15.9 Å². The average molecular weight is 295 g/mol. The van der Waals surface area contributed by atoms with E-state index in [0.717, 1.165) is 0 Å². The van der Waals surface area contributed by atoms with Crippen molar-refractivity contribution in [3.05, 3.63) is 35.2 Å². The molecule has 0 saturated heterocycles. The number of likely N-dealkylation sites (N-methyl/N-ethyl adjacent to an activating group) is 1. The van der Waals surface area contributed by atoms with Crippen molar-refractivity contribution in [2.45, 2.75) is 0 Å². The molecule has 3 nitrogen and oxygen atoms in total. The van der Waals surface area contributed by atoms with Crippen LogP contribution >= 0.6 is 15.9 Å². The van der Waals surface area contributed by atoms with Crippen molar-refractivity contribution >= 4 is 33.1 Å². The van der Waals surface area contributed by atoms with E-state index >= 15 is 0 Å². The van der Waals surface area contributed by atoms with Gasteiger partial charge >= 0.3 is 0 Å². The van der Waals surface area contributed by atoms with E-state index in [9.17, 15) is 9.18 Å². The number of benzene rings is 1. The van der Waals surface area contributed by atoms with E-state index in [-0.39, 0.29) is 16.8 Å². The van der Waals surface area contributed by atoms with Crippen LogP contribution in [0.2, 0.25) is 0 Å². The molecule has 0 saturated carbocycles. The summed E-state index contributed by atoms with van der Waals surface area (Å²) in [6.07, 6.45) is 0. The normalized spacial score (nSPS) is 16.8. The average Bonchev–Trinajstić information content (AvgIpc) is 2.56. The number of carbonyl (C=O) groups is 1. The molecule has 1 aromatic rings. The van der Waals surface area contributed by atoms with Gasteiger partial charge in [0.25, 0.3) is 5.91 Å². The summed E-state index contributed by atoms with van der Waals surface area (Å²) in [5, 5.41) is 9.26. The first-order valence-electron chi connectivity index (χ1n) is 4.87. The van der Waals surface area contributed by atoms with E-state index in [1.54, 1.807) is 13.1 Å². The maximum atomic E-state index is 13.2. The number of hydrogen-bond acceptors (Lipinski definition) is 2. The predicted octanol–water partition coefficient (Wildman–Crippen LogP) is 2.47. The summed E-state index contributed by atoms with van der Waals surface area (Å²) in [6, 6.07) is 6.09. The van der Waals surface area contributed by atoms with Gasteiger partial charge in [-0.05, 0) is 18.2 Å². The zero-order valence-electron chi connectivity index (χ0n) is 9.00. The van der Waals surface area contributed by atoms with Crippen molar-refractivity contribution in [2.24, 2.45) is 0 Å². The highest BCUT2D eigenvalue weighted by atomic mass is 79.9. The molecule has 5 heteroatoms. The molecule has 1 aliphatic rings. The number of alkyl halides is 1. The van der Waals surface area contributed by atoms with Gasteiger partial charge < -0.3 is 4.90 Å². The number of nitrogens with zero attached hydrogens (tertiary/aromatic N) is 2. The summed E-state index contributed by atoms with van der Waals surface area (Å²) in [4.78, 5) is 13.4. The molecular formula is C12H8BrFN2O. The molecule has 0 spiro atoms. The smallest absolute Gasteiger partial charge is 0.259 e. The number of anilines is 1. The van der Waals surface area contributed by atoms with Crippen LogP contribution in [0.15, 0.2) is 23.8 Å². The standard InChI is InChI=1S/C12H8BrFN2O/c1-16-10-3-2-8(14)4-9(10)11(12(16)17)7(5-13)6-15/h2-4H,5H2,1H3/b11-7-. The Balaban J connectivity index is 2.75. The molecule has 86 valence electrons. The minimum Gasteiger partial charge on any atom is -0.311 e. The first-order chi connectivity index (χ1) is 8.10. The van der Waals surface area contributed by atoms with Gasteiger partial charge in [-0.2, -0.15) is 5.26 Å². The van der Waals surface area contributed by atoms with Crippen molar-refractivity contribution < 1.29 is 9.18 Å². The Hall–Kier alpha value is -1.67. The Morgan fingerprint density at radius 3 is 2.88 bits per heavy atom. The Kier molecular flexibility index (Phi) is 2.99. The molecule has 0 fully saturated rings. The number of rotatable bonds is 1. The van der Waals surface area contributed by atoms with E-state index in [4.69, 9.17) is 5.26 Å². The first kappa shape index (κ1) is 11.8. The van der Waals surface area contributed by atoms with E-state index in [1.807, 2.05) is 6.07 Å². The summed E-state index contributed by atoms with van der Waals surface area (Å²) >= 11 is 3.16. The molecule has 0 bridgehead atoms. The number of hydrogen-bond donors (Lipinski definition) is 0. The van der Waals surface area contributed by atoms with Crippen molar-refractivity contribution in [1.82, 2.24) is 0 Å². The highest BCUT2D eigenvalue weighted by Gasteiger charge is 2.32. The third-order valence-corrected chi connectivity index (χ3v) is 3.24. The summed E-state index contributed by atoms with van der Waals surface area (Å²) in [5.74, 6) is -0.696. The van der Waals surface area contributed by atoms with Gasteiger partial charge in [0.2, 0.25) is 0 Å². The minimum absolute atomic E-state index is 0.272. The van der Waals surface area contributed by atoms with Crippen molar-refractivity contribution in [2.75, 3.05) is 17.3 Å². The number of allylic oxidation sites excluding steroid dienone is 1. The first-order valence-corrected chi connectivity index (χ1v) is 5.99. The molecular weight excluding hydrogens is 287 g/mol. The van der Waals surface area contributed by atoms with Crippen LogP contribution in [0.5, 0.6) is 0 Å². The predicted molar refractivity (Wildman–Crippen MR) is 66.1 cm³/mol. The maximum Gasteiger partial charge on any atom is 0.259 e. The number of halogens is 2. The topological polar surface area (TPSA) is 44.1 Å². The maximum absolute atomic E-state index is 13.2. The van der Waals surface area contributed by atoms with Gasteiger partial charge in [0.1, 0.15) is 5.82 Å². The van der Waals surface area contributed by atoms with Crippen LogP contribution in [-0.2, 0) is 4.79 Å². The zero-order valence-corrected chi connectivity index (χ0v) is 10.6. The molecule has 1 amide bonds. The highest BCUT2D eigenvalue weighted by molar-refractivity contribution is 9.09. The van der Waals surface area contributed by atoms with Crippen molar-refractivity contribution in [1.29, 1.82) is 5.26 Å². The molecule has 1 aliphatic heterocycles. The van der Waals surface area contributed by atoms with Crippen LogP contribution in [0.3, 0.4) is 0 Å². The molecule has 0 radical (unpaired) electrons. The second-order valence-electron chi connectivity index (χ2n) is 3.62. The van der Waals surface area contributed by atoms with Gasteiger partial charge in [0, 0.05) is 17.9 Å². The zero-order chi connectivity index (χ0) is 12.6. The van der Waals surface area contributed by atoms with Crippen LogP contribution in [0, 0.1) is 17.1 Å². The second-order valence-corrected chi connectivity index (χ2v) is 4.19. The number of nitriles is 1. The Morgan fingerprint density at radius 1 is 1.59 bits per heavy atom. The van der Waals surface area contributed by atoms with Gasteiger partial charge in [0.15, 0.2) is 0 Å². The molecule has 1 aromatic carbocycles. The summed E-state index contributed by atoms with van der Waals surface area (Å²) < 4.78 is 13.2. The largest absolute Gasteiger partial charge is 0.311 e. The quantitative estimate of drug-likeness (QED) is 0.454. The highest BCUT2D eigenvalue weighted by Crippen LogP contribution is 2.38. The molecule has 2 rings (SSSR count). The van der Waals surface area contributed by atoms with Crippen LogP contribution < -0.4 is 4.90 Å². The fourth-order valence-electron chi connectivity index (χ4n) is 1.84. The molecule has 0 N–H and O–H groups in total. The lowest BCUT2D eigenvalue weighted by molar-refractivity contribution is -0.112. The van der Waals surface area contributed by atoms with E-state index in [1.165, 1.54) is 17.0 Å². The SMILES string of the molecule is CN1C(=O)/C(=C(\C#N)CBr)c2cc(F)ccc21. The number of fused-ring (bicyclic) bond motifs is 1. The van der Waals surface area contributed by atoms with Gasteiger partial charge in [-0.15, -0.1) is 0 Å². The van der Waals surface area contributed by atoms with E-state index in [0.29, 0.717) is 16.8 Å². The molecule has 17 heavy (non-hydrogen) atoms. The fraction of sp³-hybridized carbons (Fsp3) is 0.167. The molecule has 0 aliphatic carbocycles. The summed E-state index contributed by atoms with van der Waals surface area (Å²) in [7, 11) is 1.61. The molecule has 1 heterocycles. The van der Waals surface area contributed by atoms with Crippen molar-refractivity contribution in [3.8, 4) is 6.07 Å². The number of amides is 1. The summed E-state index contributed by atoms with van der Waals surface area (Å²) in [6.45, 7) is 0. The number of carbonyl (C=O) groups excluding carboxylic acids is 1. The molecule has 0 unspecified atom stereocenters. The Bertz CT molecular complexity index is 574. The monoisotopic (exact) mass is 294 g/mol. The second kappa shape index (κ2) is 4.30. The van der Waals surface area contributed by atoms with Crippen LogP contribution in [0.4, 0.5) is 10.1 Å². The Labute approximate surface area is 106 Å². The van der Waals surface area contributed by atoms with Gasteiger partial charge in [-0.1, -0.05) is 15.9 Å². The van der Waals surface area contributed by atoms with Gasteiger partial charge in [0.05, 0.1) is 22.9 Å². The van der Waals surface area contributed by atoms with Crippen LogP contribution in [0.1, 0.15) is 5.56 Å². The Morgan fingerprint density at radius 2 is 2.29 bits per heavy atom. The molecule has 0 aromatic heterocycles. The minimum atomic E-state index is -0.420. The summed E-state index contributed by atoms with van der Waals surface area (Å²) in [5.41, 5.74) is 1.70. The third kappa shape index (κ3) is 1.75. The molecule has 0 atom stereocenters.